The molecular formula is C19H16N2O. The van der Waals surface area contributed by atoms with Crippen LogP contribution in [0.15, 0.2) is 71.8 Å². The van der Waals surface area contributed by atoms with Gasteiger partial charge in [-0.1, -0.05) is 66.2 Å². The van der Waals surface area contributed by atoms with E-state index in [-0.39, 0.29) is 5.91 Å². The van der Waals surface area contributed by atoms with E-state index in [9.17, 15) is 4.79 Å². The Bertz CT molecular complexity index is 830. The number of rotatable bonds is 3. The molecule has 0 atom stereocenters. The number of aryl methyl sites for hydroxylation is 1. The highest BCUT2D eigenvalue weighted by Gasteiger charge is 2.08. The van der Waals surface area contributed by atoms with Crippen LogP contribution in [0.25, 0.3) is 10.8 Å². The molecule has 1 amide bonds. The molecule has 3 aromatic carbocycles. The van der Waals surface area contributed by atoms with E-state index in [1.807, 2.05) is 67.6 Å². The van der Waals surface area contributed by atoms with E-state index >= 15 is 0 Å². The number of fused-ring (bicyclic) bond motifs is 1. The van der Waals surface area contributed by atoms with Gasteiger partial charge in [0, 0.05) is 5.56 Å². The summed E-state index contributed by atoms with van der Waals surface area (Å²) in [5.74, 6) is -0.208. The van der Waals surface area contributed by atoms with Gasteiger partial charge in [0.25, 0.3) is 5.91 Å². The molecule has 1 N–H and O–H groups in total. The predicted octanol–water partition coefficient (Wildman–Crippen LogP) is 3.91. The van der Waals surface area contributed by atoms with Crippen LogP contribution in [0.3, 0.4) is 0 Å². The number of hydrogen-bond donors (Lipinski definition) is 1. The van der Waals surface area contributed by atoms with E-state index in [4.69, 9.17) is 0 Å². The minimum atomic E-state index is -0.208. The molecule has 0 unspecified atom stereocenters. The molecule has 3 nitrogen and oxygen atoms in total. The first-order chi connectivity index (χ1) is 10.7. The molecule has 108 valence electrons. The van der Waals surface area contributed by atoms with Crippen LogP contribution in [-0.2, 0) is 0 Å². The topological polar surface area (TPSA) is 41.5 Å². The van der Waals surface area contributed by atoms with Gasteiger partial charge < -0.3 is 0 Å². The van der Waals surface area contributed by atoms with Gasteiger partial charge in [-0.05, 0) is 29.3 Å². The van der Waals surface area contributed by atoms with Crippen LogP contribution in [0, 0.1) is 6.92 Å². The third kappa shape index (κ3) is 3.04. The van der Waals surface area contributed by atoms with Crippen LogP contribution >= 0.6 is 0 Å². The zero-order valence-corrected chi connectivity index (χ0v) is 12.3. The van der Waals surface area contributed by atoms with Gasteiger partial charge in [0.05, 0.1) is 6.21 Å². The molecule has 0 aromatic heterocycles. The molecule has 0 spiro atoms. The van der Waals surface area contributed by atoms with Gasteiger partial charge in [-0.3, -0.25) is 4.79 Å². The van der Waals surface area contributed by atoms with Gasteiger partial charge in [0.15, 0.2) is 0 Å². The van der Waals surface area contributed by atoms with E-state index in [2.05, 4.69) is 10.5 Å². The first kappa shape index (κ1) is 14.0. The maximum absolute atomic E-state index is 12.3. The molecule has 3 aromatic rings. The summed E-state index contributed by atoms with van der Waals surface area (Å²) in [6.45, 7) is 2.03. The molecule has 0 aliphatic carbocycles. The molecule has 3 rings (SSSR count). The molecule has 0 saturated heterocycles. The van der Waals surface area contributed by atoms with Crippen molar-refractivity contribution in [2.24, 2.45) is 5.10 Å². The highest BCUT2D eigenvalue weighted by Crippen LogP contribution is 2.18. The molecule has 22 heavy (non-hydrogen) atoms. The van der Waals surface area contributed by atoms with Crippen molar-refractivity contribution in [2.45, 2.75) is 6.92 Å². The predicted molar refractivity (Wildman–Crippen MR) is 90.2 cm³/mol. The molecule has 0 aliphatic rings. The summed E-state index contributed by atoms with van der Waals surface area (Å²) < 4.78 is 0. The number of nitrogens with one attached hydrogen (secondary N) is 1. The Morgan fingerprint density at radius 1 is 0.955 bits per heavy atom. The second kappa shape index (κ2) is 6.22. The lowest BCUT2D eigenvalue weighted by molar-refractivity contribution is 0.0957. The highest BCUT2D eigenvalue weighted by molar-refractivity contribution is 6.07. The minimum absolute atomic E-state index is 0.208. The average molecular weight is 288 g/mol. The SMILES string of the molecule is Cc1ccc(C=NNC(=O)c2cccc3ccccc23)cc1. The van der Waals surface area contributed by atoms with Crippen LogP contribution in [0.2, 0.25) is 0 Å². The Hall–Kier alpha value is -2.94. The lowest BCUT2D eigenvalue weighted by Crippen LogP contribution is -2.17. The number of nitrogens with zero attached hydrogens (tertiary/aromatic N) is 1. The second-order valence-corrected chi connectivity index (χ2v) is 5.14. The summed E-state index contributed by atoms with van der Waals surface area (Å²) in [6, 6.07) is 21.4. The van der Waals surface area contributed by atoms with Crippen LogP contribution in [-0.4, -0.2) is 12.1 Å². The summed E-state index contributed by atoms with van der Waals surface area (Å²) in [6.07, 6.45) is 1.64. The Labute approximate surface area is 129 Å². The van der Waals surface area contributed by atoms with Crippen molar-refractivity contribution >= 4 is 22.9 Å². The summed E-state index contributed by atoms with van der Waals surface area (Å²) in [5.41, 5.74) is 5.35. The Morgan fingerprint density at radius 3 is 2.50 bits per heavy atom. The van der Waals surface area contributed by atoms with E-state index in [0.29, 0.717) is 5.56 Å². The van der Waals surface area contributed by atoms with Gasteiger partial charge >= 0.3 is 0 Å². The van der Waals surface area contributed by atoms with Crippen molar-refractivity contribution in [3.63, 3.8) is 0 Å². The van der Waals surface area contributed by atoms with Gasteiger partial charge in [-0.2, -0.15) is 5.10 Å². The normalized spacial score (nSPS) is 11.0. The maximum Gasteiger partial charge on any atom is 0.271 e. The fourth-order valence-corrected chi connectivity index (χ4v) is 2.30. The largest absolute Gasteiger partial charge is 0.271 e. The number of carbonyl (C=O) groups is 1. The number of benzene rings is 3. The molecular weight excluding hydrogens is 272 g/mol. The number of carbonyl (C=O) groups excluding carboxylic acids is 1. The Kier molecular flexibility index (Phi) is 3.97. The summed E-state index contributed by atoms with van der Waals surface area (Å²) in [5, 5.41) is 5.99. The van der Waals surface area contributed by atoms with Gasteiger partial charge in [-0.25, -0.2) is 5.43 Å². The first-order valence-electron chi connectivity index (χ1n) is 7.12. The summed E-state index contributed by atoms with van der Waals surface area (Å²) in [4.78, 5) is 12.3. The van der Waals surface area contributed by atoms with E-state index in [0.717, 1.165) is 16.3 Å². The van der Waals surface area contributed by atoms with Crippen molar-refractivity contribution in [3.05, 3.63) is 83.4 Å². The molecule has 0 bridgehead atoms. The molecule has 0 heterocycles. The zero-order valence-electron chi connectivity index (χ0n) is 12.3. The van der Waals surface area contributed by atoms with Crippen LogP contribution in [0.5, 0.6) is 0 Å². The fourth-order valence-electron chi connectivity index (χ4n) is 2.30. The third-order valence-corrected chi connectivity index (χ3v) is 3.49. The molecule has 0 fully saturated rings. The molecule has 3 heteroatoms. The number of amides is 1. The average Bonchev–Trinajstić information content (AvgIpc) is 2.56. The quantitative estimate of drug-likeness (QED) is 0.576. The smallest absolute Gasteiger partial charge is 0.267 e. The van der Waals surface area contributed by atoms with Crippen molar-refractivity contribution in [2.75, 3.05) is 0 Å². The molecule has 0 aliphatic heterocycles. The number of hydrogen-bond acceptors (Lipinski definition) is 2. The second-order valence-electron chi connectivity index (χ2n) is 5.14. The fraction of sp³-hybridized carbons (Fsp3) is 0.0526. The van der Waals surface area contributed by atoms with Gasteiger partial charge in [0.1, 0.15) is 0 Å². The van der Waals surface area contributed by atoms with Crippen LogP contribution in [0.1, 0.15) is 21.5 Å². The van der Waals surface area contributed by atoms with E-state index in [1.54, 1.807) is 12.3 Å². The zero-order chi connectivity index (χ0) is 15.4. The Balaban J connectivity index is 1.77. The van der Waals surface area contributed by atoms with E-state index < -0.39 is 0 Å². The van der Waals surface area contributed by atoms with Crippen molar-refractivity contribution in [1.29, 1.82) is 0 Å². The third-order valence-electron chi connectivity index (χ3n) is 3.49. The van der Waals surface area contributed by atoms with Gasteiger partial charge in [0.2, 0.25) is 0 Å². The summed E-state index contributed by atoms with van der Waals surface area (Å²) in [7, 11) is 0. The lowest BCUT2D eigenvalue weighted by atomic mass is 10.0. The van der Waals surface area contributed by atoms with Crippen LogP contribution in [0.4, 0.5) is 0 Å². The van der Waals surface area contributed by atoms with Crippen molar-refractivity contribution in [3.8, 4) is 0 Å². The first-order valence-corrected chi connectivity index (χ1v) is 7.12. The van der Waals surface area contributed by atoms with E-state index in [1.165, 1.54) is 5.56 Å². The lowest BCUT2D eigenvalue weighted by Gasteiger charge is -2.04. The van der Waals surface area contributed by atoms with Crippen LogP contribution < -0.4 is 5.43 Å². The maximum atomic E-state index is 12.3. The van der Waals surface area contributed by atoms with Crippen molar-refractivity contribution in [1.82, 2.24) is 5.43 Å². The number of hydrazone groups is 1. The Morgan fingerprint density at radius 2 is 1.68 bits per heavy atom. The van der Waals surface area contributed by atoms with Gasteiger partial charge in [-0.15, -0.1) is 0 Å². The standard InChI is InChI=1S/C19H16N2O/c1-14-9-11-15(12-10-14)13-20-21-19(22)18-8-4-6-16-5-2-3-7-17(16)18/h2-13H,1H3,(H,21,22). The molecule has 0 saturated carbocycles. The monoisotopic (exact) mass is 288 g/mol. The van der Waals surface area contributed by atoms with Crippen molar-refractivity contribution < 1.29 is 4.79 Å². The minimum Gasteiger partial charge on any atom is -0.267 e. The summed E-state index contributed by atoms with van der Waals surface area (Å²) >= 11 is 0. The molecule has 0 radical (unpaired) electrons. The highest BCUT2D eigenvalue weighted by atomic mass is 16.2.